The lowest BCUT2D eigenvalue weighted by Gasteiger charge is -2.12. The number of H-pyrrole nitrogens is 1. The normalized spacial score (nSPS) is 10.8. The average molecular weight is 406 g/mol. The first-order valence-corrected chi connectivity index (χ1v) is 9.21. The molecule has 0 radical (unpaired) electrons. The zero-order valence-corrected chi connectivity index (χ0v) is 16.4. The third kappa shape index (κ3) is 3.82. The van der Waals surface area contributed by atoms with Gasteiger partial charge < -0.3 is 19.2 Å². The summed E-state index contributed by atoms with van der Waals surface area (Å²) in [4.78, 5) is 19.5. The van der Waals surface area contributed by atoms with E-state index in [2.05, 4.69) is 9.97 Å². The molecular formula is C23H19FN2O4. The number of benzene rings is 3. The Labute approximate surface area is 172 Å². The molecule has 7 heteroatoms. The number of esters is 1. The third-order valence-corrected chi connectivity index (χ3v) is 4.68. The second-order valence-corrected chi connectivity index (χ2v) is 6.55. The van der Waals surface area contributed by atoms with E-state index in [1.165, 1.54) is 20.3 Å². The maximum Gasteiger partial charge on any atom is 0.337 e. The molecule has 1 heterocycles. The van der Waals surface area contributed by atoms with Crippen LogP contribution in [0.2, 0.25) is 0 Å². The molecule has 3 aromatic carbocycles. The Bertz CT molecular complexity index is 1220. The van der Waals surface area contributed by atoms with Crippen molar-refractivity contribution in [3.05, 3.63) is 77.6 Å². The second-order valence-electron chi connectivity index (χ2n) is 6.55. The van der Waals surface area contributed by atoms with E-state index in [0.717, 1.165) is 11.1 Å². The molecule has 30 heavy (non-hydrogen) atoms. The van der Waals surface area contributed by atoms with Crippen LogP contribution in [0.15, 0.2) is 60.7 Å². The summed E-state index contributed by atoms with van der Waals surface area (Å²) in [5.74, 6) is 0.881. The van der Waals surface area contributed by atoms with Gasteiger partial charge in [-0.3, -0.25) is 0 Å². The summed E-state index contributed by atoms with van der Waals surface area (Å²) in [5.41, 5.74) is 3.11. The van der Waals surface area contributed by atoms with Gasteiger partial charge in [-0.1, -0.05) is 18.2 Å². The van der Waals surface area contributed by atoms with E-state index in [-0.39, 0.29) is 12.4 Å². The Kier molecular flexibility index (Phi) is 5.34. The van der Waals surface area contributed by atoms with E-state index < -0.39 is 5.97 Å². The minimum Gasteiger partial charge on any atom is -0.493 e. The number of aromatic nitrogens is 2. The lowest BCUT2D eigenvalue weighted by atomic mass is 10.2. The molecule has 4 rings (SSSR count). The first-order chi connectivity index (χ1) is 14.6. The van der Waals surface area contributed by atoms with Crippen LogP contribution in [0.3, 0.4) is 0 Å². The number of aromatic amines is 1. The van der Waals surface area contributed by atoms with E-state index in [1.807, 2.05) is 6.07 Å². The molecule has 0 fully saturated rings. The lowest BCUT2D eigenvalue weighted by Crippen LogP contribution is -2.00. The largest absolute Gasteiger partial charge is 0.493 e. The van der Waals surface area contributed by atoms with Crippen LogP contribution in [0.5, 0.6) is 11.5 Å². The minimum atomic E-state index is -0.411. The fourth-order valence-corrected chi connectivity index (χ4v) is 3.10. The number of imidazole rings is 1. The van der Waals surface area contributed by atoms with Crippen LogP contribution in [0.1, 0.15) is 15.9 Å². The molecule has 0 aliphatic rings. The molecule has 1 N–H and O–H groups in total. The molecule has 0 saturated carbocycles. The van der Waals surface area contributed by atoms with Gasteiger partial charge in [0.25, 0.3) is 0 Å². The second kappa shape index (κ2) is 8.24. The van der Waals surface area contributed by atoms with Gasteiger partial charge in [-0.25, -0.2) is 14.2 Å². The van der Waals surface area contributed by atoms with Crippen LogP contribution >= 0.6 is 0 Å². The third-order valence-electron chi connectivity index (χ3n) is 4.68. The molecule has 152 valence electrons. The van der Waals surface area contributed by atoms with Crippen molar-refractivity contribution in [2.75, 3.05) is 14.2 Å². The monoisotopic (exact) mass is 406 g/mol. The van der Waals surface area contributed by atoms with Gasteiger partial charge in [0.2, 0.25) is 0 Å². The van der Waals surface area contributed by atoms with Crippen molar-refractivity contribution in [1.29, 1.82) is 0 Å². The van der Waals surface area contributed by atoms with E-state index in [9.17, 15) is 9.18 Å². The fraction of sp³-hybridized carbons (Fsp3) is 0.130. The number of carbonyl (C=O) groups excluding carboxylic acids is 1. The number of rotatable bonds is 6. The smallest absolute Gasteiger partial charge is 0.337 e. The van der Waals surface area contributed by atoms with Gasteiger partial charge in [-0.15, -0.1) is 0 Å². The molecule has 0 spiro atoms. The number of ether oxygens (including phenoxy) is 3. The molecular weight excluding hydrogens is 387 g/mol. The fourth-order valence-electron chi connectivity index (χ4n) is 3.10. The zero-order valence-electron chi connectivity index (χ0n) is 16.4. The molecule has 0 aliphatic heterocycles. The molecule has 0 saturated heterocycles. The van der Waals surface area contributed by atoms with Crippen LogP contribution in [0.4, 0.5) is 4.39 Å². The number of fused-ring (bicyclic) bond motifs is 1. The molecule has 0 unspecified atom stereocenters. The highest BCUT2D eigenvalue weighted by Crippen LogP contribution is 2.33. The maximum atomic E-state index is 13.8. The number of methoxy groups -OCH3 is 2. The van der Waals surface area contributed by atoms with Gasteiger partial charge in [0.1, 0.15) is 18.2 Å². The summed E-state index contributed by atoms with van der Waals surface area (Å²) in [6.07, 6.45) is 0. The topological polar surface area (TPSA) is 73.4 Å². The minimum absolute atomic E-state index is 0.0866. The van der Waals surface area contributed by atoms with Gasteiger partial charge in [0, 0.05) is 11.1 Å². The number of hydrogen-bond donors (Lipinski definition) is 1. The highest BCUT2D eigenvalue weighted by Gasteiger charge is 2.13. The van der Waals surface area contributed by atoms with Crippen molar-refractivity contribution in [3.63, 3.8) is 0 Å². The molecule has 1 aromatic heterocycles. The lowest BCUT2D eigenvalue weighted by molar-refractivity contribution is 0.0601. The number of nitrogens with one attached hydrogen (secondary N) is 1. The molecule has 0 amide bonds. The van der Waals surface area contributed by atoms with Gasteiger partial charge in [-0.05, 0) is 42.5 Å². The van der Waals surface area contributed by atoms with E-state index in [4.69, 9.17) is 14.2 Å². The molecule has 0 atom stereocenters. The van der Waals surface area contributed by atoms with E-state index >= 15 is 0 Å². The van der Waals surface area contributed by atoms with Gasteiger partial charge in [0.15, 0.2) is 11.5 Å². The number of halogens is 1. The predicted molar refractivity (Wildman–Crippen MR) is 110 cm³/mol. The number of carbonyl (C=O) groups is 1. The van der Waals surface area contributed by atoms with Crippen molar-refractivity contribution in [2.24, 2.45) is 0 Å². The Hall–Kier alpha value is -3.87. The summed E-state index contributed by atoms with van der Waals surface area (Å²) >= 11 is 0. The number of hydrogen-bond acceptors (Lipinski definition) is 5. The predicted octanol–water partition coefficient (Wildman–Crippen LogP) is 4.74. The first-order valence-electron chi connectivity index (χ1n) is 9.21. The molecule has 4 aromatic rings. The Morgan fingerprint density at radius 3 is 2.63 bits per heavy atom. The standard InChI is InChI=1S/C23H19FN2O4/c1-28-21-12-14(8-10-20(21)30-13-16-5-3-4-6-17(16)24)22-25-18-9-7-15(23(27)29-2)11-19(18)26-22/h3-12H,13H2,1-2H3,(H,25,26). The quantitative estimate of drug-likeness (QED) is 0.468. The summed E-state index contributed by atoms with van der Waals surface area (Å²) in [6.45, 7) is 0.0866. The summed E-state index contributed by atoms with van der Waals surface area (Å²) in [6, 6.07) is 16.9. The Morgan fingerprint density at radius 1 is 1.03 bits per heavy atom. The van der Waals surface area contributed by atoms with Crippen LogP contribution in [0, 0.1) is 5.82 Å². The Balaban J connectivity index is 1.60. The van der Waals surface area contributed by atoms with Crippen molar-refractivity contribution in [3.8, 4) is 22.9 Å². The van der Waals surface area contributed by atoms with E-state index in [1.54, 1.807) is 48.5 Å². The summed E-state index contributed by atoms with van der Waals surface area (Å²) in [7, 11) is 2.88. The van der Waals surface area contributed by atoms with Crippen molar-refractivity contribution >= 4 is 17.0 Å². The Morgan fingerprint density at radius 2 is 1.87 bits per heavy atom. The van der Waals surface area contributed by atoms with Crippen molar-refractivity contribution in [1.82, 2.24) is 9.97 Å². The van der Waals surface area contributed by atoms with Gasteiger partial charge >= 0.3 is 5.97 Å². The van der Waals surface area contributed by atoms with Gasteiger partial charge in [-0.2, -0.15) is 0 Å². The molecule has 0 aliphatic carbocycles. The van der Waals surface area contributed by atoms with Crippen molar-refractivity contribution in [2.45, 2.75) is 6.61 Å². The van der Waals surface area contributed by atoms with Gasteiger partial charge in [0.05, 0.1) is 30.8 Å². The first kappa shape index (κ1) is 19.4. The highest BCUT2D eigenvalue weighted by atomic mass is 19.1. The average Bonchev–Trinajstić information content (AvgIpc) is 3.21. The van der Waals surface area contributed by atoms with Crippen LogP contribution < -0.4 is 9.47 Å². The zero-order chi connectivity index (χ0) is 21.1. The maximum absolute atomic E-state index is 13.8. The number of nitrogens with zero attached hydrogens (tertiary/aromatic N) is 1. The van der Waals surface area contributed by atoms with Crippen LogP contribution in [-0.2, 0) is 11.3 Å². The van der Waals surface area contributed by atoms with Crippen LogP contribution in [-0.4, -0.2) is 30.2 Å². The summed E-state index contributed by atoms with van der Waals surface area (Å²) in [5, 5.41) is 0. The van der Waals surface area contributed by atoms with Crippen molar-refractivity contribution < 1.29 is 23.4 Å². The SMILES string of the molecule is COC(=O)c1ccc2nc(-c3ccc(OCc4ccccc4F)c(OC)c3)[nH]c2c1. The molecule has 0 bridgehead atoms. The van der Waals surface area contributed by atoms with Crippen LogP contribution in [0.25, 0.3) is 22.4 Å². The summed E-state index contributed by atoms with van der Waals surface area (Å²) < 4.78 is 29.8. The van der Waals surface area contributed by atoms with E-state index in [0.29, 0.717) is 34.0 Å². The molecule has 6 nitrogen and oxygen atoms in total. The highest BCUT2D eigenvalue weighted by molar-refractivity contribution is 5.94.